The number of hydrogen-bond donors (Lipinski definition) is 0. The van der Waals surface area contributed by atoms with Crippen molar-refractivity contribution in [1.29, 1.82) is 0 Å². The molecular weight excluding hydrogens is 336 g/mol. The molecule has 28 heavy (non-hydrogen) atoms. The summed E-state index contributed by atoms with van der Waals surface area (Å²) in [5, 5.41) is 0. The molecular formula is C28H44. The number of benzene rings is 1. The van der Waals surface area contributed by atoms with Crippen LogP contribution in [0.2, 0.25) is 0 Å². The van der Waals surface area contributed by atoms with Crippen LogP contribution in [0.3, 0.4) is 0 Å². The van der Waals surface area contributed by atoms with Gasteiger partial charge in [0.2, 0.25) is 0 Å². The summed E-state index contributed by atoms with van der Waals surface area (Å²) in [4.78, 5) is 0. The summed E-state index contributed by atoms with van der Waals surface area (Å²) in [6, 6.07) is 7.68. The van der Waals surface area contributed by atoms with Crippen molar-refractivity contribution >= 4 is 0 Å². The van der Waals surface area contributed by atoms with Gasteiger partial charge in [0.05, 0.1) is 0 Å². The molecule has 0 heteroatoms. The van der Waals surface area contributed by atoms with Crippen molar-refractivity contribution in [2.75, 3.05) is 0 Å². The van der Waals surface area contributed by atoms with Gasteiger partial charge in [-0.3, -0.25) is 0 Å². The van der Waals surface area contributed by atoms with Crippen LogP contribution in [-0.4, -0.2) is 0 Å². The minimum atomic E-state index is 0.858. The average Bonchev–Trinajstić information content (AvgIpc) is 2.73. The molecule has 4 rings (SSSR count). The fourth-order valence-electron chi connectivity index (χ4n) is 6.99. The van der Waals surface area contributed by atoms with Crippen LogP contribution in [0.15, 0.2) is 18.2 Å². The number of unbranched alkanes of at least 4 members (excludes halogenated alkanes) is 2. The first kappa shape index (κ1) is 20.5. The van der Waals surface area contributed by atoms with Crippen molar-refractivity contribution < 1.29 is 0 Å². The van der Waals surface area contributed by atoms with E-state index in [9.17, 15) is 0 Å². The first-order valence-corrected chi connectivity index (χ1v) is 12.9. The van der Waals surface area contributed by atoms with Crippen molar-refractivity contribution in [2.24, 2.45) is 23.7 Å². The quantitative estimate of drug-likeness (QED) is 0.416. The Bertz CT molecular complexity index is 614. The molecule has 2 saturated carbocycles. The molecule has 0 amide bonds. The van der Waals surface area contributed by atoms with Crippen LogP contribution in [0.5, 0.6) is 0 Å². The Morgan fingerprint density at radius 3 is 2.46 bits per heavy atom. The van der Waals surface area contributed by atoms with E-state index in [-0.39, 0.29) is 0 Å². The summed E-state index contributed by atoms with van der Waals surface area (Å²) >= 11 is 0. The lowest BCUT2D eigenvalue weighted by molar-refractivity contribution is 0.113. The minimum absolute atomic E-state index is 0.858. The molecule has 156 valence electrons. The van der Waals surface area contributed by atoms with Crippen LogP contribution >= 0.6 is 0 Å². The second-order valence-electron chi connectivity index (χ2n) is 10.6. The SMILES string of the molecule is CCCCCC1CCC2CC(c3ccc4c(c3)CCC(CCC)C4)CCC2C1. The zero-order valence-corrected chi connectivity index (χ0v) is 18.7. The summed E-state index contributed by atoms with van der Waals surface area (Å²) in [5.74, 6) is 4.96. The van der Waals surface area contributed by atoms with Crippen molar-refractivity contribution in [3.63, 3.8) is 0 Å². The molecule has 0 nitrogen and oxygen atoms in total. The molecule has 1 aromatic carbocycles. The van der Waals surface area contributed by atoms with Gasteiger partial charge < -0.3 is 0 Å². The highest BCUT2D eigenvalue weighted by atomic mass is 14.4. The highest BCUT2D eigenvalue weighted by molar-refractivity contribution is 5.36. The second-order valence-corrected chi connectivity index (χ2v) is 10.6. The van der Waals surface area contributed by atoms with Crippen LogP contribution in [-0.2, 0) is 12.8 Å². The molecule has 3 aliphatic rings. The van der Waals surface area contributed by atoms with E-state index in [2.05, 4.69) is 32.0 Å². The lowest BCUT2D eigenvalue weighted by Gasteiger charge is -2.42. The Morgan fingerprint density at radius 2 is 1.61 bits per heavy atom. The fraction of sp³-hybridized carbons (Fsp3) is 0.786. The summed E-state index contributed by atoms with van der Waals surface area (Å²) in [6.45, 7) is 4.68. The zero-order valence-electron chi connectivity index (χ0n) is 18.7. The standard InChI is InChI=1S/C28H44/c1-3-5-6-8-22-10-12-26-20-28(16-14-24(26)18-22)27-15-13-23-17-21(7-4-2)9-11-25(23)19-27/h13,15,19,21-22,24,26,28H,3-12,14,16-18,20H2,1-2H3. The molecule has 1 aromatic rings. The number of hydrogen-bond acceptors (Lipinski definition) is 0. The molecule has 0 aliphatic heterocycles. The lowest BCUT2D eigenvalue weighted by Crippen LogP contribution is -2.30. The number of fused-ring (bicyclic) bond motifs is 2. The fourth-order valence-corrected chi connectivity index (χ4v) is 6.99. The second kappa shape index (κ2) is 9.82. The third kappa shape index (κ3) is 4.85. The van der Waals surface area contributed by atoms with E-state index in [4.69, 9.17) is 0 Å². The summed E-state index contributed by atoms with van der Waals surface area (Å²) in [6.07, 6.45) is 21.8. The van der Waals surface area contributed by atoms with E-state index in [0.29, 0.717) is 0 Å². The van der Waals surface area contributed by atoms with Crippen LogP contribution < -0.4 is 0 Å². The van der Waals surface area contributed by atoms with Gasteiger partial charge in [0.25, 0.3) is 0 Å². The average molecular weight is 381 g/mol. The van der Waals surface area contributed by atoms with Crippen molar-refractivity contribution in [3.05, 3.63) is 34.9 Å². The van der Waals surface area contributed by atoms with Crippen LogP contribution in [0.4, 0.5) is 0 Å². The van der Waals surface area contributed by atoms with Crippen LogP contribution in [0.1, 0.15) is 120 Å². The minimum Gasteiger partial charge on any atom is -0.0654 e. The predicted molar refractivity (Wildman–Crippen MR) is 122 cm³/mol. The van der Waals surface area contributed by atoms with Gasteiger partial charge >= 0.3 is 0 Å². The molecule has 0 radical (unpaired) electrons. The van der Waals surface area contributed by atoms with Gasteiger partial charge in [-0.05, 0) is 97.6 Å². The van der Waals surface area contributed by atoms with E-state index in [1.165, 1.54) is 89.9 Å². The Labute approximate surface area is 174 Å². The molecule has 0 bridgehead atoms. The molecule has 0 spiro atoms. The predicted octanol–water partition coefficient (Wildman–Crippen LogP) is 8.47. The van der Waals surface area contributed by atoms with Gasteiger partial charge in [-0.2, -0.15) is 0 Å². The molecule has 5 unspecified atom stereocenters. The number of aryl methyl sites for hydroxylation is 1. The third-order valence-corrected chi connectivity index (χ3v) is 8.67. The van der Waals surface area contributed by atoms with Crippen LogP contribution in [0.25, 0.3) is 0 Å². The molecule has 0 saturated heterocycles. The van der Waals surface area contributed by atoms with Gasteiger partial charge in [-0.1, -0.05) is 77.0 Å². The van der Waals surface area contributed by atoms with Crippen molar-refractivity contribution in [2.45, 2.75) is 116 Å². The van der Waals surface area contributed by atoms with E-state index < -0.39 is 0 Å². The maximum Gasteiger partial charge on any atom is -0.0159 e. The Morgan fingerprint density at radius 1 is 0.750 bits per heavy atom. The Hall–Kier alpha value is -0.780. The maximum absolute atomic E-state index is 2.64. The van der Waals surface area contributed by atoms with E-state index in [0.717, 1.165) is 29.6 Å². The first-order valence-electron chi connectivity index (χ1n) is 12.9. The molecule has 0 heterocycles. The van der Waals surface area contributed by atoms with Crippen molar-refractivity contribution in [3.8, 4) is 0 Å². The van der Waals surface area contributed by atoms with Gasteiger partial charge in [-0.25, -0.2) is 0 Å². The van der Waals surface area contributed by atoms with Crippen LogP contribution in [0, 0.1) is 23.7 Å². The molecule has 5 atom stereocenters. The van der Waals surface area contributed by atoms with Gasteiger partial charge in [0.15, 0.2) is 0 Å². The van der Waals surface area contributed by atoms with E-state index >= 15 is 0 Å². The summed E-state index contributed by atoms with van der Waals surface area (Å²) < 4.78 is 0. The highest BCUT2D eigenvalue weighted by Crippen LogP contribution is 2.48. The molecule has 2 fully saturated rings. The normalized spacial score (nSPS) is 32.6. The molecule has 0 N–H and O–H groups in total. The molecule has 0 aromatic heterocycles. The smallest absolute Gasteiger partial charge is 0.0159 e. The van der Waals surface area contributed by atoms with Crippen molar-refractivity contribution in [1.82, 2.24) is 0 Å². The Balaban J connectivity index is 1.33. The largest absolute Gasteiger partial charge is 0.0654 e. The summed E-state index contributed by atoms with van der Waals surface area (Å²) in [7, 11) is 0. The summed E-state index contributed by atoms with van der Waals surface area (Å²) in [5.41, 5.74) is 5.07. The topological polar surface area (TPSA) is 0 Å². The maximum atomic E-state index is 2.64. The van der Waals surface area contributed by atoms with Gasteiger partial charge in [0.1, 0.15) is 0 Å². The third-order valence-electron chi connectivity index (χ3n) is 8.67. The lowest BCUT2D eigenvalue weighted by atomic mass is 9.63. The highest BCUT2D eigenvalue weighted by Gasteiger charge is 2.36. The van der Waals surface area contributed by atoms with E-state index in [1.807, 2.05) is 0 Å². The number of rotatable bonds is 7. The van der Waals surface area contributed by atoms with Gasteiger partial charge in [0, 0.05) is 0 Å². The monoisotopic (exact) mass is 380 g/mol. The Kier molecular flexibility index (Phi) is 7.18. The van der Waals surface area contributed by atoms with E-state index in [1.54, 1.807) is 23.1 Å². The first-order chi connectivity index (χ1) is 13.8. The molecule has 3 aliphatic carbocycles. The zero-order chi connectivity index (χ0) is 19.3. The van der Waals surface area contributed by atoms with Gasteiger partial charge in [-0.15, -0.1) is 0 Å².